The molecule has 1 aliphatic carbocycles. The van der Waals surface area contributed by atoms with Crippen LogP contribution in [0.2, 0.25) is 0 Å². The van der Waals surface area contributed by atoms with E-state index in [2.05, 4.69) is 0 Å². The number of esters is 2. The van der Waals surface area contributed by atoms with E-state index in [-0.39, 0.29) is 19.0 Å². The fraction of sp³-hybridized carbons (Fsp3) is 0.579. The molecule has 1 aromatic carbocycles. The van der Waals surface area contributed by atoms with Crippen LogP contribution in [0.4, 0.5) is 0 Å². The van der Waals surface area contributed by atoms with Crippen molar-refractivity contribution < 1.29 is 27.5 Å². The highest BCUT2D eigenvalue weighted by atomic mass is 32.2. The van der Waals surface area contributed by atoms with Crippen LogP contribution in [0.5, 0.6) is 0 Å². The quantitative estimate of drug-likeness (QED) is 0.506. The molecule has 1 fully saturated rings. The van der Waals surface area contributed by atoms with Gasteiger partial charge in [-0.3, -0.25) is 9.59 Å². The summed E-state index contributed by atoms with van der Waals surface area (Å²) in [4.78, 5) is 25.5. The Balaban J connectivity index is 2.59. The van der Waals surface area contributed by atoms with E-state index in [1.807, 2.05) is 19.1 Å². The standard InChI is InChI=1S/C19H26O6S/c1-5-13-9-11-14(12-10-13)15-16(26(22,23)8-4)19(15,17(20)24-6-2)18(21)25-7-3/h9-12,15-16H,5-8H2,1-4H3/t15-,16-/m1/s1. The molecule has 7 heteroatoms. The highest BCUT2D eigenvalue weighted by Gasteiger charge is 2.81. The molecule has 0 saturated heterocycles. The van der Waals surface area contributed by atoms with Gasteiger partial charge < -0.3 is 9.47 Å². The van der Waals surface area contributed by atoms with Crippen molar-refractivity contribution in [3.05, 3.63) is 35.4 Å². The Kier molecular flexibility index (Phi) is 6.11. The minimum absolute atomic E-state index is 0.0559. The van der Waals surface area contributed by atoms with E-state index in [0.717, 1.165) is 12.0 Å². The molecule has 0 heterocycles. The Labute approximate surface area is 154 Å². The largest absolute Gasteiger partial charge is 0.465 e. The van der Waals surface area contributed by atoms with Gasteiger partial charge in [0, 0.05) is 11.7 Å². The minimum Gasteiger partial charge on any atom is -0.465 e. The van der Waals surface area contributed by atoms with Gasteiger partial charge in [0.2, 0.25) is 0 Å². The number of carbonyl (C=O) groups excluding carboxylic acids is 2. The number of hydrogen-bond donors (Lipinski definition) is 0. The van der Waals surface area contributed by atoms with E-state index in [4.69, 9.17) is 9.47 Å². The number of hydrogen-bond acceptors (Lipinski definition) is 6. The van der Waals surface area contributed by atoms with Gasteiger partial charge in [-0.15, -0.1) is 0 Å². The van der Waals surface area contributed by atoms with Crippen LogP contribution in [0, 0.1) is 5.41 Å². The second-order valence-electron chi connectivity index (χ2n) is 6.25. The van der Waals surface area contributed by atoms with Crippen LogP contribution in [-0.4, -0.2) is 44.6 Å². The van der Waals surface area contributed by atoms with Crippen LogP contribution < -0.4 is 0 Å². The van der Waals surface area contributed by atoms with Crippen molar-refractivity contribution in [3.63, 3.8) is 0 Å². The number of aryl methyl sites for hydroxylation is 1. The Bertz CT molecular complexity index is 748. The first kappa shape index (κ1) is 20.4. The van der Waals surface area contributed by atoms with Crippen LogP contribution >= 0.6 is 0 Å². The van der Waals surface area contributed by atoms with Crippen molar-refractivity contribution in [2.24, 2.45) is 5.41 Å². The first-order chi connectivity index (χ1) is 12.3. The third kappa shape index (κ3) is 3.24. The normalized spacial score (nSPS) is 21.1. The molecule has 6 nitrogen and oxygen atoms in total. The fourth-order valence-electron chi connectivity index (χ4n) is 3.50. The third-order valence-electron chi connectivity index (χ3n) is 4.90. The van der Waals surface area contributed by atoms with E-state index in [9.17, 15) is 18.0 Å². The minimum atomic E-state index is -3.67. The predicted octanol–water partition coefficient (Wildman–Crippen LogP) is 2.26. The lowest BCUT2D eigenvalue weighted by atomic mass is 9.98. The van der Waals surface area contributed by atoms with Gasteiger partial charge in [0.05, 0.1) is 18.5 Å². The van der Waals surface area contributed by atoms with Crippen LogP contribution in [0.25, 0.3) is 0 Å². The molecule has 0 spiro atoms. The summed E-state index contributed by atoms with van der Waals surface area (Å²) in [6.45, 7) is 6.87. The molecule has 0 aliphatic heterocycles. The van der Waals surface area contributed by atoms with Crippen LogP contribution in [0.15, 0.2) is 24.3 Å². The van der Waals surface area contributed by atoms with Gasteiger partial charge in [-0.05, 0) is 31.4 Å². The summed E-state index contributed by atoms with van der Waals surface area (Å²) < 4.78 is 35.6. The van der Waals surface area contributed by atoms with Gasteiger partial charge in [-0.1, -0.05) is 38.1 Å². The van der Waals surface area contributed by atoms with Crippen molar-refractivity contribution in [1.82, 2.24) is 0 Å². The Hall–Kier alpha value is -1.89. The highest BCUT2D eigenvalue weighted by Crippen LogP contribution is 2.64. The molecular formula is C19H26O6S. The molecule has 1 aliphatic rings. The zero-order chi connectivity index (χ0) is 19.5. The average molecular weight is 382 g/mol. The number of carbonyl (C=O) groups is 2. The zero-order valence-electron chi connectivity index (χ0n) is 15.7. The maximum absolute atomic E-state index is 12.7. The SMILES string of the molecule is CCOC(=O)C1(C(=O)OCC)[C@H](c2ccc(CC)cc2)[C@H]1S(=O)(=O)CC. The zero-order valence-corrected chi connectivity index (χ0v) is 16.5. The molecule has 0 unspecified atom stereocenters. The molecule has 0 amide bonds. The Morgan fingerprint density at radius 3 is 1.85 bits per heavy atom. The first-order valence-electron chi connectivity index (χ1n) is 8.95. The van der Waals surface area contributed by atoms with Gasteiger partial charge in [-0.25, -0.2) is 8.42 Å². The van der Waals surface area contributed by atoms with E-state index in [1.54, 1.807) is 26.0 Å². The number of sulfone groups is 1. The van der Waals surface area contributed by atoms with Gasteiger partial charge in [0.15, 0.2) is 15.3 Å². The number of ether oxygens (including phenoxy) is 2. The van der Waals surface area contributed by atoms with Crippen molar-refractivity contribution in [2.45, 2.75) is 45.3 Å². The highest BCUT2D eigenvalue weighted by molar-refractivity contribution is 7.92. The lowest BCUT2D eigenvalue weighted by Crippen LogP contribution is -2.36. The topological polar surface area (TPSA) is 86.7 Å². The summed E-state index contributed by atoms with van der Waals surface area (Å²) in [6.07, 6.45) is 0.836. The molecule has 0 radical (unpaired) electrons. The molecule has 26 heavy (non-hydrogen) atoms. The monoisotopic (exact) mass is 382 g/mol. The molecule has 1 saturated carbocycles. The second kappa shape index (κ2) is 7.78. The molecule has 1 aromatic rings. The molecule has 144 valence electrons. The number of rotatable bonds is 8. The van der Waals surface area contributed by atoms with Gasteiger partial charge in [0.25, 0.3) is 0 Å². The summed E-state index contributed by atoms with van der Waals surface area (Å²) in [5.74, 6) is -2.62. The van der Waals surface area contributed by atoms with Gasteiger partial charge in [-0.2, -0.15) is 0 Å². The van der Waals surface area contributed by atoms with Crippen molar-refractivity contribution in [1.29, 1.82) is 0 Å². The smallest absolute Gasteiger partial charge is 0.325 e. The molecule has 0 bridgehead atoms. The second-order valence-corrected chi connectivity index (χ2v) is 8.67. The molecule has 2 rings (SSSR count). The van der Waals surface area contributed by atoms with Crippen LogP contribution in [-0.2, 0) is 35.3 Å². The fourth-order valence-corrected chi connectivity index (χ4v) is 5.47. The third-order valence-corrected chi connectivity index (χ3v) is 7.12. The molecular weight excluding hydrogens is 356 g/mol. The van der Waals surface area contributed by atoms with E-state index >= 15 is 0 Å². The average Bonchev–Trinajstić information content (AvgIpc) is 3.35. The van der Waals surface area contributed by atoms with Crippen LogP contribution in [0.3, 0.4) is 0 Å². The molecule has 2 atom stereocenters. The summed E-state index contributed by atoms with van der Waals surface area (Å²) in [7, 11) is -3.67. The number of benzene rings is 1. The van der Waals surface area contributed by atoms with E-state index in [0.29, 0.717) is 5.56 Å². The van der Waals surface area contributed by atoms with Gasteiger partial charge in [0.1, 0.15) is 0 Å². The Morgan fingerprint density at radius 1 is 0.962 bits per heavy atom. The summed E-state index contributed by atoms with van der Waals surface area (Å²) in [6, 6.07) is 7.32. The Morgan fingerprint density at radius 2 is 1.46 bits per heavy atom. The van der Waals surface area contributed by atoms with Crippen molar-refractivity contribution >= 4 is 21.8 Å². The maximum atomic E-state index is 12.7. The molecule has 0 aromatic heterocycles. The lowest BCUT2D eigenvalue weighted by Gasteiger charge is -2.15. The van der Waals surface area contributed by atoms with Crippen molar-refractivity contribution in [3.8, 4) is 0 Å². The van der Waals surface area contributed by atoms with E-state index in [1.165, 1.54) is 6.92 Å². The van der Waals surface area contributed by atoms with Crippen molar-refractivity contribution in [2.75, 3.05) is 19.0 Å². The summed E-state index contributed by atoms with van der Waals surface area (Å²) in [5, 5.41) is -1.16. The summed E-state index contributed by atoms with van der Waals surface area (Å²) in [5.41, 5.74) is -0.110. The first-order valence-corrected chi connectivity index (χ1v) is 10.7. The molecule has 0 N–H and O–H groups in total. The lowest BCUT2D eigenvalue weighted by molar-refractivity contribution is -0.164. The van der Waals surface area contributed by atoms with Crippen LogP contribution in [0.1, 0.15) is 44.7 Å². The predicted molar refractivity (Wildman–Crippen MR) is 97.5 cm³/mol. The van der Waals surface area contributed by atoms with E-state index < -0.39 is 38.4 Å². The maximum Gasteiger partial charge on any atom is 0.325 e. The van der Waals surface area contributed by atoms with Gasteiger partial charge >= 0.3 is 11.9 Å². The summed E-state index contributed by atoms with van der Waals surface area (Å²) >= 11 is 0.